The first-order chi connectivity index (χ1) is 7.34. The van der Waals surface area contributed by atoms with Gasteiger partial charge in [-0.1, -0.05) is 18.2 Å². The topological polar surface area (TPSA) is 44.6 Å². The quantitative estimate of drug-likeness (QED) is 0.646. The first-order valence-corrected chi connectivity index (χ1v) is 4.58. The molecule has 0 bridgehead atoms. The molecular formula is C12H9N2O. The van der Waals surface area contributed by atoms with Gasteiger partial charge in [0.05, 0.1) is 11.4 Å². The van der Waals surface area contributed by atoms with Gasteiger partial charge in [0.2, 0.25) is 0 Å². The summed E-state index contributed by atoms with van der Waals surface area (Å²) in [6.07, 6.45) is 0. The highest BCUT2D eigenvalue weighted by atomic mass is 16.3. The minimum Gasteiger partial charge on any atom is -0.290 e. The Bertz CT molecular complexity index is 449. The molecular weight excluding hydrogens is 188 g/mol. The molecule has 0 aliphatic carbocycles. The Kier molecular flexibility index (Phi) is 2.74. The Balaban J connectivity index is 2.15. The van der Waals surface area contributed by atoms with E-state index in [1.165, 1.54) is 12.1 Å². The van der Waals surface area contributed by atoms with Crippen LogP contribution in [0, 0.1) is 0 Å². The van der Waals surface area contributed by atoms with Crippen LogP contribution in [-0.2, 0) is 5.11 Å². The molecule has 3 heteroatoms. The maximum atomic E-state index is 10.8. The summed E-state index contributed by atoms with van der Waals surface area (Å²) in [5.41, 5.74) is 1.47. The van der Waals surface area contributed by atoms with Gasteiger partial charge in [-0.2, -0.15) is 10.2 Å². The van der Waals surface area contributed by atoms with Gasteiger partial charge in [-0.05, 0) is 36.4 Å². The normalized spacial score (nSPS) is 10.7. The molecule has 0 N–H and O–H groups in total. The van der Waals surface area contributed by atoms with Crippen molar-refractivity contribution in [3.63, 3.8) is 0 Å². The van der Waals surface area contributed by atoms with E-state index < -0.39 is 0 Å². The Morgan fingerprint density at radius 3 is 1.80 bits per heavy atom. The smallest absolute Gasteiger partial charge is 0.178 e. The molecule has 0 fully saturated rings. The van der Waals surface area contributed by atoms with Gasteiger partial charge in [0.1, 0.15) is 0 Å². The van der Waals surface area contributed by atoms with Gasteiger partial charge in [0.15, 0.2) is 5.75 Å². The van der Waals surface area contributed by atoms with Crippen LogP contribution < -0.4 is 0 Å². The van der Waals surface area contributed by atoms with Gasteiger partial charge in [0, 0.05) is 0 Å². The molecule has 2 aromatic carbocycles. The monoisotopic (exact) mass is 197 g/mol. The molecule has 0 saturated carbocycles. The predicted molar refractivity (Wildman–Crippen MR) is 57.2 cm³/mol. The van der Waals surface area contributed by atoms with Crippen LogP contribution in [0.5, 0.6) is 5.75 Å². The zero-order valence-electron chi connectivity index (χ0n) is 8.00. The minimum atomic E-state index is -0.0198. The van der Waals surface area contributed by atoms with Crippen LogP contribution in [0.3, 0.4) is 0 Å². The Morgan fingerprint density at radius 1 is 0.667 bits per heavy atom. The third kappa shape index (κ3) is 2.64. The van der Waals surface area contributed by atoms with E-state index >= 15 is 0 Å². The van der Waals surface area contributed by atoms with E-state index in [4.69, 9.17) is 0 Å². The third-order valence-corrected chi connectivity index (χ3v) is 1.87. The summed E-state index contributed by atoms with van der Waals surface area (Å²) in [5, 5.41) is 18.9. The van der Waals surface area contributed by atoms with Crippen molar-refractivity contribution in [2.24, 2.45) is 10.2 Å². The number of nitrogens with zero attached hydrogens (tertiary/aromatic N) is 2. The number of rotatable bonds is 2. The lowest BCUT2D eigenvalue weighted by atomic mass is 10.3. The van der Waals surface area contributed by atoms with Gasteiger partial charge in [0.25, 0.3) is 0 Å². The maximum Gasteiger partial charge on any atom is 0.178 e. The van der Waals surface area contributed by atoms with Crippen LogP contribution in [0.4, 0.5) is 11.4 Å². The van der Waals surface area contributed by atoms with Gasteiger partial charge >= 0.3 is 0 Å². The zero-order valence-corrected chi connectivity index (χ0v) is 8.00. The molecule has 0 amide bonds. The Labute approximate surface area is 87.7 Å². The van der Waals surface area contributed by atoms with E-state index in [9.17, 15) is 5.11 Å². The van der Waals surface area contributed by atoms with E-state index in [1.54, 1.807) is 12.1 Å². The summed E-state index contributed by atoms with van der Waals surface area (Å²) in [6.45, 7) is 0. The van der Waals surface area contributed by atoms with Crippen molar-refractivity contribution >= 4 is 11.4 Å². The van der Waals surface area contributed by atoms with Crippen LogP contribution in [0.1, 0.15) is 0 Å². The van der Waals surface area contributed by atoms with Crippen molar-refractivity contribution in [2.45, 2.75) is 0 Å². The predicted octanol–water partition coefficient (Wildman–Crippen LogP) is 4.25. The van der Waals surface area contributed by atoms with E-state index in [2.05, 4.69) is 10.2 Å². The minimum absolute atomic E-state index is 0.0198. The molecule has 0 saturated heterocycles. The van der Waals surface area contributed by atoms with Crippen molar-refractivity contribution in [1.82, 2.24) is 0 Å². The largest absolute Gasteiger partial charge is 0.290 e. The standard InChI is InChI=1S/C12H9N2O/c15-12-8-6-11(7-9-12)14-13-10-4-2-1-3-5-10/h1-9H. The molecule has 2 aromatic rings. The summed E-state index contributed by atoms with van der Waals surface area (Å²) in [5.74, 6) is -0.0198. The number of benzene rings is 2. The van der Waals surface area contributed by atoms with Gasteiger partial charge < -0.3 is 0 Å². The van der Waals surface area contributed by atoms with Gasteiger partial charge in [-0.3, -0.25) is 5.11 Å². The highest BCUT2D eigenvalue weighted by molar-refractivity contribution is 5.41. The van der Waals surface area contributed by atoms with Gasteiger partial charge in [-0.15, -0.1) is 0 Å². The molecule has 0 aromatic heterocycles. The summed E-state index contributed by atoms with van der Waals surface area (Å²) < 4.78 is 0. The lowest BCUT2D eigenvalue weighted by Crippen LogP contribution is -1.64. The molecule has 0 aliphatic heterocycles. The fourth-order valence-corrected chi connectivity index (χ4v) is 1.12. The van der Waals surface area contributed by atoms with Crippen LogP contribution in [0.2, 0.25) is 0 Å². The van der Waals surface area contributed by atoms with Gasteiger partial charge in [-0.25, -0.2) is 0 Å². The summed E-state index contributed by atoms with van der Waals surface area (Å²) in [4.78, 5) is 0. The van der Waals surface area contributed by atoms with Crippen LogP contribution in [-0.4, -0.2) is 0 Å². The lowest BCUT2D eigenvalue weighted by Gasteiger charge is -1.92. The maximum absolute atomic E-state index is 10.8. The SMILES string of the molecule is [O]c1ccc(N=Nc2ccccc2)cc1. The highest BCUT2D eigenvalue weighted by Gasteiger charge is 1.91. The molecule has 3 nitrogen and oxygen atoms in total. The third-order valence-electron chi connectivity index (χ3n) is 1.87. The molecule has 2 rings (SSSR count). The average Bonchev–Trinajstić information content (AvgIpc) is 2.30. The first-order valence-electron chi connectivity index (χ1n) is 4.58. The van der Waals surface area contributed by atoms with Crippen LogP contribution in [0.25, 0.3) is 0 Å². The summed E-state index contributed by atoms with van der Waals surface area (Å²) in [6, 6.07) is 15.7. The molecule has 0 spiro atoms. The molecule has 15 heavy (non-hydrogen) atoms. The van der Waals surface area contributed by atoms with E-state index in [0.29, 0.717) is 5.69 Å². The van der Waals surface area contributed by atoms with Crippen molar-refractivity contribution in [3.05, 3.63) is 54.6 Å². The first kappa shape index (κ1) is 9.40. The molecule has 0 heterocycles. The van der Waals surface area contributed by atoms with Crippen molar-refractivity contribution in [2.75, 3.05) is 0 Å². The van der Waals surface area contributed by atoms with Crippen molar-refractivity contribution in [3.8, 4) is 5.75 Å². The molecule has 73 valence electrons. The summed E-state index contributed by atoms with van der Waals surface area (Å²) >= 11 is 0. The fourth-order valence-electron chi connectivity index (χ4n) is 1.12. The second kappa shape index (κ2) is 4.37. The lowest BCUT2D eigenvalue weighted by molar-refractivity contribution is 0.355. The van der Waals surface area contributed by atoms with E-state index in [-0.39, 0.29) is 5.75 Å². The van der Waals surface area contributed by atoms with Crippen LogP contribution >= 0.6 is 0 Å². The molecule has 0 aliphatic rings. The number of hydrogen-bond acceptors (Lipinski definition) is 2. The highest BCUT2D eigenvalue weighted by Crippen LogP contribution is 2.20. The number of hydrogen-bond donors (Lipinski definition) is 0. The Morgan fingerprint density at radius 2 is 1.20 bits per heavy atom. The van der Waals surface area contributed by atoms with Crippen molar-refractivity contribution in [1.29, 1.82) is 0 Å². The van der Waals surface area contributed by atoms with Crippen molar-refractivity contribution < 1.29 is 5.11 Å². The average molecular weight is 197 g/mol. The number of azo groups is 1. The summed E-state index contributed by atoms with van der Waals surface area (Å²) in [7, 11) is 0. The Hall–Kier alpha value is -2.16. The second-order valence-corrected chi connectivity index (χ2v) is 3.03. The molecule has 0 atom stereocenters. The molecule has 1 radical (unpaired) electrons. The zero-order chi connectivity index (χ0) is 10.5. The second-order valence-electron chi connectivity index (χ2n) is 3.03. The van der Waals surface area contributed by atoms with E-state index in [1.807, 2.05) is 30.3 Å². The molecule has 0 unspecified atom stereocenters. The van der Waals surface area contributed by atoms with Crippen LogP contribution in [0.15, 0.2) is 64.8 Å². The van der Waals surface area contributed by atoms with E-state index in [0.717, 1.165) is 5.69 Å². The fraction of sp³-hybridized carbons (Fsp3) is 0.